The van der Waals surface area contributed by atoms with Gasteiger partial charge in [-0.1, -0.05) is 11.3 Å². The molecule has 0 aromatic carbocycles. The van der Waals surface area contributed by atoms with E-state index in [1.165, 1.54) is 0 Å². The second-order valence-electron chi connectivity index (χ2n) is 3.37. The summed E-state index contributed by atoms with van der Waals surface area (Å²) in [6.07, 6.45) is 1.80. The molecule has 84 valence electrons. The Kier molecular flexibility index (Phi) is 3.40. The van der Waals surface area contributed by atoms with Crippen LogP contribution in [-0.4, -0.2) is 9.97 Å². The van der Waals surface area contributed by atoms with Crippen molar-refractivity contribution in [3.05, 3.63) is 43.0 Å². The first kappa shape index (κ1) is 11.3. The first-order valence-corrected chi connectivity index (χ1v) is 6.35. The van der Waals surface area contributed by atoms with E-state index in [4.69, 9.17) is 0 Å². The molecule has 2 heterocycles. The molecule has 4 nitrogen and oxygen atoms in total. The molecule has 0 bridgehead atoms. The normalized spacial score (nSPS) is 10.4. The van der Waals surface area contributed by atoms with E-state index in [2.05, 4.69) is 31.2 Å². The van der Waals surface area contributed by atoms with Crippen LogP contribution in [0.25, 0.3) is 0 Å². The van der Waals surface area contributed by atoms with E-state index in [0.29, 0.717) is 6.54 Å². The van der Waals surface area contributed by atoms with Gasteiger partial charge in [0, 0.05) is 17.3 Å². The van der Waals surface area contributed by atoms with Crippen molar-refractivity contribution < 1.29 is 0 Å². The van der Waals surface area contributed by atoms with E-state index in [1.54, 1.807) is 11.6 Å². The van der Waals surface area contributed by atoms with E-state index < -0.39 is 0 Å². The minimum atomic E-state index is -0.0345. The number of pyridine rings is 1. The summed E-state index contributed by atoms with van der Waals surface area (Å²) in [6, 6.07) is 1.99. The maximum atomic E-state index is 10.9. The van der Waals surface area contributed by atoms with Crippen molar-refractivity contribution in [1.29, 1.82) is 0 Å². The van der Waals surface area contributed by atoms with Crippen molar-refractivity contribution in [3.63, 3.8) is 0 Å². The number of nitrogens with zero attached hydrogens (tertiary/aromatic N) is 1. The predicted molar refractivity (Wildman–Crippen MR) is 68.9 cm³/mol. The van der Waals surface area contributed by atoms with Gasteiger partial charge in [-0.3, -0.25) is 4.79 Å². The molecule has 0 aliphatic rings. The molecule has 0 spiro atoms. The Morgan fingerprint density at radius 3 is 3.06 bits per heavy atom. The van der Waals surface area contributed by atoms with Gasteiger partial charge in [-0.2, -0.15) is 0 Å². The van der Waals surface area contributed by atoms with Gasteiger partial charge in [0.2, 0.25) is 0 Å². The molecule has 2 aromatic rings. The quantitative estimate of drug-likeness (QED) is 0.915. The Morgan fingerprint density at radius 2 is 2.44 bits per heavy atom. The van der Waals surface area contributed by atoms with Gasteiger partial charge < -0.3 is 10.3 Å². The lowest BCUT2D eigenvalue weighted by molar-refractivity contribution is 1.04. The molecule has 0 aliphatic heterocycles. The van der Waals surface area contributed by atoms with Crippen molar-refractivity contribution in [1.82, 2.24) is 9.97 Å². The number of thiazole rings is 1. The summed E-state index contributed by atoms with van der Waals surface area (Å²) >= 11 is 4.59. The summed E-state index contributed by atoms with van der Waals surface area (Å²) in [7, 11) is 0. The molecule has 2 aromatic heterocycles. The van der Waals surface area contributed by atoms with E-state index >= 15 is 0 Å². The SMILES string of the molecule is Cc1cnc(NCc2csc(=O)[nH]2)c(Br)c1. The number of anilines is 1. The zero-order chi connectivity index (χ0) is 11.5. The molecular weight excluding hydrogens is 290 g/mol. The highest BCUT2D eigenvalue weighted by Gasteiger charge is 2.02. The lowest BCUT2D eigenvalue weighted by atomic mass is 10.3. The zero-order valence-electron chi connectivity index (χ0n) is 8.58. The van der Waals surface area contributed by atoms with E-state index in [9.17, 15) is 4.79 Å². The lowest BCUT2D eigenvalue weighted by Gasteiger charge is -2.06. The zero-order valence-corrected chi connectivity index (χ0v) is 11.0. The molecule has 0 fully saturated rings. The monoisotopic (exact) mass is 299 g/mol. The summed E-state index contributed by atoms with van der Waals surface area (Å²) < 4.78 is 0.921. The maximum Gasteiger partial charge on any atom is 0.304 e. The number of rotatable bonds is 3. The van der Waals surface area contributed by atoms with Gasteiger partial charge in [-0.15, -0.1) is 0 Å². The van der Waals surface area contributed by atoms with Crippen LogP contribution in [0.1, 0.15) is 11.3 Å². The van der Waals surface area contributed by atoms with Crippen molar-refractivity contribution >= 4 is 33.1 Å². The Bertz CT molecular complexity index is 549. The molecule has 6 heteroatoms. The Morgan fingerprint density at radius 1 is 1.62 bits per heavy atom. The maximum absolute atomic E-state index is 10.9. The highest BCUT2D eigenvalue weighted by atomic mass is 79.9. The Hall–Kier alpha value is -1.14. The van der Waals surface area contributed by atoms with E-state index in [1.807, 2.05) is 13.0 Å². The van der Waals surface area contributed by atoms with Crippen LogP contribution in [0.2, 0.25) is 0 Å². The van der Waals surface area contributed by atoms with Crippen LogP contribution in [0.4, 0.5) is 5.82 Å². The van der Waals surface area contributed by atoms with Gasteiger partial charge in [-0.25, -0.2) is 4.98 Å². The lowest BCUT2D eigenvalue weighted by Crippen LogP contribution is -2.04. The molecular formula is C10H10BrN3OS. The Labute approximate surface area is 105 Å². The van der Waals surface area contributed by atoms with Crippen LogP contribution in [0.15, 0.2) is 26.9 Å². The third kappa shape index (κ3) is 2.70. The average molecular weight is 300 g/mol. The van der Waals surface area contributed by atoms with Gasteiger partial charge in [-0.05, 0) is 34.5 Å². The van der Waals surface area contributed by atoms with Crippen LogP contribution in [-0.2, 0) is 6.54 Å². The Balaban J connectivity index is 2.07. The van der Waals surface area contributed by atoms with Gasteiger partial charge >= 0.3 is 4.87 Å². The summed E-state index contributed by atoms with van der Waals surface area (Å²) in [6.45, 7) is 2.55. The molecule has 0 radical (unpaired) electrons. The number of hydrogen-bond acceptors (Lipinski definition) is 4. The largest absolute Gasteiger partial charge is 0.364 e. The van der Waals surface area contributed by atoms with Crippen LogP contribution >= 0.6 is 27.3 Å². The molecule has 2 rings (SSSR count). The molecule has 0 aliphatic carbocycles. The molecule has 2 N–H and O–H groups in total. The first-order valence-electron chi connectivity index (χ1n) is 4.68. The molecule has 0 saturated heterocycles. The average Bonchev–Trinajstić information content (AvgIpc) is 2.63. The number of aromatic amines is 1. The number of H-pyrrole nitrogens is 1. The van der Waals surface area contributed by atoms with Gasteiger partial charge in [0.1, 0.15) is 5.82 Å². The fourth-order valence-electron chi connectivity index (χ4n) is 1.24. The summed E-state index contributed by atoms with van der Waals surface area (Å²) in [5.41, 5.74) is 1.96. The number of hydrogen-bond donors (Lipinski definition) is 2. The van der Waals surface area contributed by atoms with Crippen LogP contribution in [0.3, 0.4) is 0 Å². The number of nitrogens with one attached hydrogen (secondary N) is 2. The fourth-order valence-corrected chi connectivity index (χ4v) is 2.43. The van der Waals surface area contributed by atoms with Gasteiger partial charge in [0.15, 0.2) is 0 Å². The molecule has 0 amide bonds. The van der Waals surface area contributed by atoms with Crippen LogP contribution in [0.5, 0.6) is 0 Å². The number of aryl methyl sites for hydroxylation is 1. The number of halogens is 1. The van der Waals surface area contributed by atoms with Crippen molar-refractivity contribution in [2.45, 2.75) is 13.5 Å². The van der Waals surface area contributed by atoms with Crippen molar-refractivity contribution in [2.75, 3.05) is 5.32 Å². The van der Waals surface area contributed by atoms with Gasteiger partial charge in [0.25, 0.3) is 0 Å². The van der Waals surface area contributed by atoms with Crippen LogP contribution in [0, 0.1) is 6.92 Å². The van der Waals surface area contributed by atoms with Crippen molar-refractivity contribution in [3.8, 4) is 0 Å². The standard InChI is InChI=1S/C10H10BrN3OS/c1-6-2-8(11)9(12-3-6)13-4-7-5-16-10(15)14-7/h2-3,5H,4H2,1H3,(H,12,13)(H,14,15). The van der Waals surface area contributed by atoms with Gasteiger partial charge in [0.05, 0.1) is 11.0 Å². The highest BCUT2D eigenvalue weighted by Crippen LogP contribution is 2.20. The summed E-state index contributed by atoms with van der Waals surface area (Å²) in [4.78, 5) is 17.9. The fraction of sp³-hybridized carbons (Fsp3) is 0.200. The van der Waals surface area contributed by atoms with Crippen LogP contribution < -0.4 is 10.2 Å². The van der Waals surface area contributed by atoms with Crippen molar-refractivity contribution in [2.24, 2.45) is 0 Å². The second-order valence-corrected chi connectivity index (χ2v) is 5.07. The summed E-state index contributed by atoms with van der Waals surface area (Å²) in [5, 5.41) is 4.95. The van der Waals surface area contributed by atoms with E-state index in [0.717, 1.165) is 32.9 Å². The minimum absolute atomic E-state index is 0.0345. The minimum Gasteiger partial charge on any atom is -0.364 e. The summed E-state index contributed by atoms with van der Waals surface area (Å²) in [5.74, 6) is 0.776. The number of aromatic nitrogens is 2. The topological polar surface area (TPSA) is 57.8 Å². The third-order valence-electron chi connectivity index (χ3n) is 2.00. The smallest absolute Gasteiger partial charge is 0.304 e. The molecule has 0 unspecified atom stereocenters. The third-order valence-corrected chi connectivity index (χ3v) is 3.32. The van der Waals surface area contributed by atoms with E-state index in [-0.39, 0.29) is 4.87 Å². The first-order chi connectivity index (χ1) is 7.65. The molecule has 16 heavy (non-hydrogen) atoms. The molecule has 0 atom stereocenters. The molecule has 0 saturated carbocycles. The predicted octanol–water partition coefficient (Wildman–Crippen LogP) is 2.51. The second kappa shape index (κ2) is 4.80. The highest BCUT2D eigenvalue weighted by molar-refractivity contribution is 9.10.